The van der Waals surface area contributed by atoms with Crippen molar-refractivity contribution in [2.45, 2.75) is 62.5 Å². The van der Waals surface area contributed by atoms with Crippen LogP contribution in [0.15, 0.2) is 40.2 Å². The van der Waals surface area contributed by atoms with Crippen molar-refractivity contribution in [2.75, 3.05) is 24.2 Å². The van der Waals surface area contributed by atoms with E-state index < -0.39 is 21.7 Å². The number of anilines is 2. The first-order chi connectivity index (χ1) is 17.9. The van der Waals surface area contributed by atoms with E-state index in [1.54, 1.807) is 34.0 Å². The number of carbonyl (C=O) groups excluding carboxylic acids is 1. The number of aromatic amines is 1. The highest BCUT2D eigenvalue weighted by Crippen LogP contribution is 2.55. The number of carbonyl (C=O) groups is 1. The molecule has 12 heteroatoms. The summed E-state index contributed by atoms with van der Waals surface area (Å²) in [5, 5.41) is 18.2. The molecule has 0 unspecified atom stereocenters. The van der Waals surface area contributed by atoms with E-state index in [9.17, 15) is 24.0 Å². The highest BCUT2D eigenvalue weighted by atomic mass is 32.3. The predicted octanol–water partition coefficient (Wildman–Crippen LogP) is 4.77. The van der Waals surface area contributed by atoms with Gasteiger partial charge in [-0.05, 0) is 69.9 Å². The summed E-state index contributed by atoms with van der Waals surface area (Å²) in [5.41, 5.74) is 0.478. The summed E-state index contributed by atoms with van der Waals surface area (Å²) in [7, 11) is -2.75. The summed E-state index contributed by atoms with van der Waals surface area (Å²) in [5.74, 6) is 0.651. The number of ether oxygens (including phenoxy) is 1. The molecular weight excluding hydrogens is 508 g/mol. The van der Waals surface area contributed by atoms with Crippen molar-refractivity contribution in [3.63, 3.8) is 0 Å². The topological polar surface area (TPSA) is 156 Å². The molecule has 0 spiro atoms. The largest absolute Gasteiger partial charge is 0.444 e. The summed E-state index contributed by atoms with van der Waals surface area (Å²) in [6.07, 6.45) is 2.83. The van der Waals surface area contributed by atoms with Gasteiger partial charge in [0.25, 0.3) is 5.56 Å². The van der Waals surface area contributed by atoms with Crippen LogP contribution >= 0.6 is 10.6 Å². The summed E-state index contributed by atoms with van der Waals surface area (Å²) < 4.78 is 27.8. The fraction of sp³-hybridized carbons (Fsp3) is 0.462. The van der Waals surface area contributed by atoms with Gasteiger partial charge in [-0.15, -0.1) is 0 Å². The van der Waals surface area contributed by atoms with Gasteiger partial charge in [-0.25, -0.2) is 4.79 Å². The van der Waals surface area contributed by atoms with Gasteiger partial charge in [-0.3, -0.25) is 18.6 Å². The van der Waals surface area contributed by atoms with E-state index in [4.69, 9.17) is 9.84 Å². The Morgan fingerprint density at radius 3 is 2.71 bits per heavy atom. The predicted molar refractivity (Wildman–Crippen MR) is 145 cm³/mol. The summed E-state index contributed by atoms with van der Waals surface area (Å²) in [6, 6.07) is 9.35. The van der Waals surface area contributed by atoms with Gasteiger partial charge in [-0.1, -0.05) is 0 Å². The van der Waals surface area contributed by atoms with Crippen LogP contribution in [0, 0.1) is 11.3 Å². The number of hydrogen-bond donors (Lipinski definition) is 4. The number of fused-ring (bicyclic) bond motifs is 2. The van der Waals surface area contributed by atoms with E-state index in [0.29, 0.717) is 65.4 Å². The van der Waals surface area contributed by atoms with Crippen LogP contribution in [-0.2, 0) is 16.7 Å². The van der Waals surface area contributed by atoms with E-state index in [0.717, 1.165) is 5.56 Å². The molecule has 0 atom stereocenters. The lowest BCUT2D eigenvalue weighted by Crippen LogP contribution is -2.49. The minimum absolute atomic E-state index is 0.162. The number of H-pyrrole nitrogens is 1. The SMILES string of the molecule is CC(C)(C)OC(=O)N1CCC(CC#N)(n2nc(Nc3ccc4c(c3)CCS4(O)O)c3c(=O)[nH]ccc32)CC1. The van der Waals surface area contributed by atoms with E-state index >= 15 is 0 Å². The van der Waals surface area contributed by atoms with Crippen LogP contribution in [0.3, 0.4) is 0 Å². The molecular formula is C26H32N6O5S. The van der Waals surface area contributed by atoms with Crippen LogP contribution in [0.2, 0.25) is 0 Å². The average Bonchev–Trinajstić information content (AvgIpc) is 3.36. The number of aryl methyl sites for hydroxylation is 1. The number of amides is 1. The number of hydrogen-bond acceptors (Lipinski definition) is 8. The van der Waals surface area contributed by atoms with Gasteiger partial charge in [0, 0.05) is 30.7 Å². The van der Waals surface area contributed by atoms with Crippen LogP contribution in [0.5, 0.6) is 0 Å². The maximum Gasteiger partial charge on any atom is 0.410 e. The van der Waals surface area contributed by atoms with Gasteiger partial charge in [0.2, 0.25) is 0 Å². The normalized spacial score (nSPS) is 19.0. The van der Waals surface area contributed by atoms with Crippen molar-refractivity contribution in [2.24, 2.45) is 0 Å². The number of likely N-dealkylation sites (tertiary alicyclic amines) is 1. The van der Waals surface area contributed by atoms with Gasteiger partial charge in [0.15, 0.2) is 5.82 Å². The number of nitriles is 1. The Balaban J connectivity index is 1.49. The average molecular weight is 541 g/mol. The zero-order chi connectivity index (χ0) is 27.3. The number of piperidine rings is 1. The number of aromatic nitrogens is 3. The Bertz CT molecular complexity index is 1490. The van der Waals surface area contributed by atoms with Gasteiger partial charge >= 0.3 is 6.09 Å². The zero-order valence-corrected chi connectivity index (χ0v) is 22.5. The smallest absolute Gasteiger partial charge is 0.410 e. The van der Waals surface area contributed by atoms with Crippen molar-refractivity contribution >= 4 is 39.1 Å². The van der Waals surface area contributed by atoms with E-state index in [-0.39, 0.29) is 18.1 Å². The van der Waals surface area contributed by atoms with Crippen LogP contribution in [0.1, 0.15) is 45.6 Å². The molecule has 1 fully saturated rings. The van der Waals surface area contributed by atoms with Gasteiger partial charge in [0.05, 0.1) is 28.4 Å². The van der Waals surface area contributed by atoms with Crippen LogP contribution in [-0.4, -0.2) is 59.3 Å². The lowest BCUT2D eigenvalue weighted by atomic mass is 9.85. The molecule has 2 aliphatic rings. The van der Waals surface area contributed by atoms with Crippen molar-refractivity contribution in [1.82, 2.24) is 19.7 Å². The third-order valence-electron chi connectivity index (χ3n) is 7.14. The molecule has 3 aromatic rings. The van der Waals surface area contributed by atoms with Gasteiger partial charge in [0.1, 0.15) is 11.0 Å². The van der Waals surface area contributed by atoms with Crippen molar-refractivity contribution < 1.29 is 18.6 Å². The minimum Gasteiger partial charge on any atom is -0.444 e. The van der Waals surface area contributed by atoms with Crippen molar-refractivity contribution in [1.29, 1.82) is 5.26 Å². The molecule has 2 aliphatic heterocycles. The monoisotopic (exact) mass is 540 g/mol. The molecule has 0 radical (unpaired) electrons. The second-order valence-corrected chi connectivity index (χ2v) is 13.1. The highest BCUT2D eigenvalue weighted by Gasteiger charge is 2.41. The lowest BCUT2D eigenvalue weighted by molar-refractivity contribution is 0.0110. The Morgan fingerprint density at radius 2 is 2.03 bits per heavy atom. The number of rotatable bonds is 4. The number of pyridine rings is 1. The molecule has 0 bridgehead atoms. The first-order valence-electron chi connectivity index (χ1n) is 12.5. The number of benzene rings is 1. The van der Waals surface area contributed by atoms with Crippen LogP contribution < -0.4 is 10.9 Å². The van der Waals surface area contributed by atoms with E-state index in [1.807, 2.05) is 26.8 Å². The van der Waals surface area contributed by atoms with Gasteiger partial charge < -0.3 is 19.9 Å². The Labute approximate surface area is 221 Å². The summed E-state index contributed by atoms with van der Waals surface area (Å²) in [4.78, 5) is 30.5. The van der Waals surface area contributed by atoms with Gasteiger partial charge in [-0.2, -0.15) is 21.0 Å². The molecule has 202 valence electrons. The van der Waals surface area contributed by atoms with Crippen LogP contribution in [0.25, 0.3) is 10.9 Å². The maximum absolute atomic E-state index is 12.9. The zero-order valence-electron chi connectivity index (χ0n) is 21.7. The lowest BCUT2D eigenvalue weighted by Gasteiger charge is -2.41. The highest BCUT2D eigenvalue weighted by molar-refractivity contribution is 8.24. The number of nitrogens with zero attached hydrogens (tertiary/aromatic N) is 4. The Morgan fingerprint density at radius 1 is 1.29 bits per heavy atom. The molecule has 1 saturated heterocycles. The van der Waals surface area contributed by atoms with E-state index in [2.05, 4.69) is 16.4 Å². The fourth-order valence-electron chi connectivity index (χ4n) is 5.24. The summed E-state index contributed by atoms with van der Waals surface area (Å²) in [6.45, 7) is 6.25. The second kappa shape index (κ2) is 9.34. The Kier molecular flexibility index (Phi) is 6.41. The minimum atomic E-state index is -2.75. The third kappa shape index (κ3) is 4.73. The molecule has 0 saturated carbocycles. The molecule has 4 N–H and O–H groups in total. The van der Waals surface area contributed by atoms with Crippen molar-refractivity contribution in [3.05, 3.63) is 46.4 Å². The molecule has 2 aromatic heterocycles. The standard InChI is InChI=1S/C26H32N6O5S/c1-25(2,3)37-24(34)31-13-9-26(8-11-27,10-14-31)32-19-6-12-28-23(33)21(19)22(30-32)29-18-4-5-20-17(16-18)7-15-38(20,35)36/h4-6,12,16,35-36H,7-10,13-15H2,1-3H3,(H,28,33)(H,29,30). The maximum atomic E-state index is 12.9. The molecule has 11 nitrogen and oxygen atoms in total. The second-order valence-electron chi connectivity index (χ2n) is 10.9. The van der Waals surface area contributed by atoms with Crippen LogP contribution in [0.4, 0.5) is 16.3 Å². The quantitative estimate of drug-likeness (QED) is 0.368. The molecule has 1 aromatic carbocycles. The first kappa shape index (κ1) is 26.1. The molecule has 0 aliphatic carbocycles. The fourth-order valence-corrected chi connectivity index (χ4v) is 6.83. The van der Waals surface area contributed by atoms with Crippen molar-refractivity contribution in [3.8, 4) is 6.07 Å². The molecule has 5 rings (SSSR count). The van der Waals surface area contributed by atoms with E-state index in [1.165, 1.54) is 0 Å². The molecule has 4 heterocycles. The first-order valence-corrected chi connectivity index (χ1v) is 14.3. The Hall–Kier alpha value is -3.53. The molecule has 38 heavy (non-hydrogen) atoms. The number of nitrogens with one attached hydrogen (secondary N) is 2. The summed E-state index contributed by atoms with van der Waals surface area (Å²) >= 11 is 0. The molecule has 1 amide bonds. The third-order valence-corrected chi connectivity index (χ3v) is 9.01.